The molecule has 0 saturated carbocycles. The van der Waals surface area contributed by atoms with Gasteiger partial charge in [-0.25, -0.2) is 0 Å². The van der Waals surface area contributed by atoms with Crippen molar-refractivity contribution in [2.45, 2.75) is 0 Å². The third-order valence-electron chi connectivity index (χ3n) is 1.91. The highest BCUT2D eigenvalue weighted by molar-refractivity contribution is 5.89. The van der Waals surface area contributed by atoms with Crippen molar-refractivity contribution in [1.29, 1.82) is 0 Å². The Balaban J connectivity index is 2.35. The van der Waals surface area contributed by atoms with Crippen molar-refractivity contribution < 1.29 is 0 Å². The molecule has 0 atom stereocenters. The number of fused-ring (bicyclic) bond motifs is 1. The van der Waals surface area contributed by atoms with E-state index in [9.17, 15) is 0 Å². The van der Waals surface area contributed by atoms with Crippen LogP contribution in [0.15, 0.2) is 24.3 Å². The first-order chi connectivity index (χ1) is 6.42. The second-order valence-electron chi connectivity index (χ2n) is 2.83. The molecule has 2 aromatic rings. The van der Waals surface area contributed by atoms with Crippen LogP contribution >= 0.6 is 0 Å². The van der Waals surface area contributed by atoms with Crippen molar-refractivity contribution in [3.63, 3.8) is 0 Å². The third kappa shape index (κ3) is 1.48. The summed E-state index contributed by atoms with van der Waals surface area (Å²) in [5, 5.41) is 11.3. The molecule has 2 rings (SSSR count). The van der Waals surface area contributed by atoms with Crippen molar-refractivity contribution >= 4 is 16.7 Å². The molecule has 0 aliphatic rings. The summed E-state index contributed by atoms with van der Waals surface area (Å²) in [5.41, 5.74) is 6.43. The van der Waals surface area contributed by atoms with Gasteiger partial charge in [-0.05, 0) is 12.1 Å². The van der Waals surface area contributed by atoms with Gasteiger partial charge >= 0.3 is 0 Å². The van der Waals surface area contributed by atoms with Gasteiger partial charge in [0.1, 0.15) is 0 Å². The highest BCUT2D eigenvalue weighted by Crippen LogP contribution is 2.18. The largest absolute Gasteiger partial charge is 0.367 e. The van der Waals surface area contributed by atoms with E-state index in [2.05, 4.69) is 15.5 Å². The van der Waals surface area contributed by atoms with Crippen LogP contribution in [0, 0.1) is 0 Å². The topological polar surface area (TPSA) is 66.7 Å². The maximum absolute atomic E-state index is 5.39. The highest BCUT2D eigenvalue weighted by Gasteiger charge is 2.01. The first kappa shape index (κ1) is 8.07. The molecule has 1 aromatic carbocycles. The summed E-state index contributed by atoms with van der Waals surface area (Å²) in [4.78, 5) is 0. The highest BCUT2D eigenvalue weighted by atomic mass is 15.2. The molecule has 0 aliphatic carbocycles. The van der Waals surface area contributed by atoms with Gasteiger partial charge in [0.2, 0.25) is 0 Å². The van der Waals surface area contributed by atoms with Crippen LogP contribution in [-0.4, -0.2) is 23.3 Å². The predicted molar refractivity (Wildman–Crippen MR) is 53.6 cm³/mol. The van der Waals surface area contributed by atoms with Gasteiger partial charge in [-0.15, -0.1) is 0 Å². The van der Waals surface area contributed by atoms with Crippen LogP contribution in [0.1, 0.15) is 0 Å². The van der Waals surface area contributed by atoms with Gasteiger partial charge in [0, 0.05) is 18.5 Å². The van der Waals surface area contributed by atoms with E-state index >= 15 is 0 Å². The monoisotopic (exact) mass is 176 g/mol. The van der Waals surface area contributed by atoms with Crippen LogP contribution in [0.4, 0.5) is 5.82 Å². The van der Waals surface area contributed by atoms with Crippen molar-refractivity contribution in [3.05, 3.63) is 24.3 Å². The summed E-state index contributed by atoms with van der Waals surface area (Å²) in [7, 11) is 0. The molecule has 1 aromatic heterocycles. The second kappa shape index (κ2) is 3.45. The fourth-order valence-corrected chi connectivity index (χ4v) is 1.29. The lowest BCUT2D eigenvalue weighted by Crippen LogP contribution is -2.13. The van der Waals surface area contributed by atoms with E-state index in [-0.39, 0.29) is 0 Å². The molecular weight excluding hydrogens is 164 g/mol. The molecule has 1 heterocycles. The van der Waals surface area contributed by atoms with Crippen LogP contribution in [-0.2, 0) is 0 Å². The number of aromatic amines is 1. The molecule has 68 valence electrons. The number of H-pyrrole nitrogens is 1. The first-order valence-electron chi connectivity index (χ1n) is 4.29. The summed E-state index contributed by atoms with van der Waals surface area (Å²) < 4.78 is 0. The Bertz CT molecular complexity index is 393. The SMILES string of the molecule is NCCNc1n[nH]c2ccccc12. The maximum Gasteiger partial charge on any atom is 0.155 e. The Morgan fingerprint density at radius 3 is 3.08 bits per heavy atom. The Morgan fingerprint density at radius 1 is 1.38 bits per heavy atom. The van der Waals surface area contributed by atoms with Crippen LogP contribution in [0.2, 0.25) is 0 Å². The van der Waals surface area contributed by atoms with Crippen molar-refractivity contribution in [2.24, 2.45) is 5.73 Å². The molecule has 0 amide bonds. The Morgan fingerprint density at radius 2 is 2.23 bits per heavy atom. The minimum Gasteiger partial charge on any atom is -0.367 e. The number of benzene rings is 1. The first-order valence-corrected chi connectivity index (χ1v) is 4.29. The smallest absolute Gasteiger partial charge is 0.155 e. The van der Waals surface area contributed by atoms with Gasteiger partial charge in [-0.2, -0.15) is 5.10 Å². The number of anilines is 1. The molecule has 0 saturated heterocycles. The Labute approximate surface area is 76.1 Å². The molecule has 13 heavy (non-hydrogen) atoms. The van der Waals surface area contributed by atoms with E-state index < -0.39 is 0 Å². The Kier molecular flexibility index (Phi) is 2.14. The van der Waals surface area contributed by atoms with E-state index in [0.717, 1.165) is 23.3 Å². The average Bonchev–Trinajstić information content (AvgIpc) is 2.58. The lowest BCUT2D eigenvalue weighted by atomic mass is 10.2. The molecule has 4 N–H and O–H groups in total. The number of hydrogen-bond donors (Lipinski definition) is 3. The number of nitrogens with zero attached hydrogens (tertiary/aromatic N) is 1. The number of aromatic nitrogens is 2. The minimum absolute atomic E-state index is 0.612. The van der Waals surface area contributed by atoms with Gasteiger partial charge in [0.05, 0.1) is 5.52 Å². The molecular formula is C9H12N4. The number of nitrogens with one attached hydrogen (secondary N) is 2. The summed E-state index contributed by atoms with van der Waals surface area (Å²) in [6.45, 7) is 1.36. The quantitative estimate of drug-likeness (QED) is 0.651. The van der Waals surface area contributed by atoms with Crippen molar-refractivity contribution in [2.75, 3.05) is 18.4 Å². The van der Waals surface area contributed by atoms with Gasteiger partial charge in [-0.3, -0.25) is 5.10 Å². The Hall–Kier alpha value is -1.55. The molecule has 4 nitrogen and oxygen atoms in total. The van der Waals surface area contributed by atoms with Gasteiger partial charge in [0.15, 0.2) is 5.82 Å². The zero-order chi connectivity index (χ0) is 9.10. The van der Waals surface area contributed by atoms with Crippen LogP contribution in [0.3, 0.4) is 0 Å². The molecule has 0 bridgehead atoms. The number of para-hydroxylation sites is 1. The second-order valence-corrected chi connectivity index (χ2v) is 2.83. The molecule has 0 unspecified atom stereocenters. The summed E-state index contributed by atoms with van der Waals surface area (Å²) in [6, 6.07) is 7.99. The van der Waals surface area contributed by atoms with E-state index in [4.69, 9.17) is 5.73 Å². The number of nitrogens with two attached hydrogens (primary N) is 1. The molecule has 4 heteroatoms. The number of hydrogen-bond acceptors (Lipinski definition) is 3. The zero-order valence-corrected chi connectivity index (χ0v) is 7.25. The van der Waals surface area contributed by atoms with E-state index in [1.807, 2.05) is 24.3 Å². The average molecular weight is 176 g/mol. The molecule has 0 aliphatic heterocycles. The third-order valence-corrected chi connectivity index (χ3v) is 1.91. The predicted octanol–water partition coefficient (Wildman–Crippen LogP) is 0.933. The summed E-state index contributed by atoms with van der Waals surface area (Å²) >= 11 is 0. The van der Waals surface area contributed by atoms with Crippen molar-refractivity contribution in [1.82, 2.24) is 10.2 Å². The van der Waals surface area contributed by atoms with Crippen LogP contribution < -0.4 is 11.1 Å². The normalized spacial score (nSPS) is 10.5. The van der Waals surface area contributed by atoms with Gasteiger partial charge < -0.3 is 11.1 Å². The van der Waals surface area contributed by atoms with Crippen LogP contribution in [0.25, 0.3) is 10.9 Å². The van der Waals surface area contributed by atoms with Gasteiger partial charge in [-0.1, -0.05) is 12.1 Å². The summed E-state index contributed by atoms with van der Waals surface area (Å²) in [6.07, 6.45) is 0. The fraction of sp³-hybridized carbons (Fsp3) is 0.222. The molecule has 0 radical (unpaired) electrons. The van der Waals surface area contributed by atoms with Crippen molar-refractivity contribution in [3.8, 4) is 0 Å². The minimum atomic E-state index is 0.612. The van der Waals surface area contributed by atoms with E-state index in [0.29, 0.717) is 6.54 Å². The standard InChI is InChI=1S/C9H12N4/c10-5-6-11-9-7-3-1-2-4-8(7)12-13-9/h1-4H,5-6,10H2,(H2,11,12,13). The molecule has 0 spiro atoms. The van der Waals surface area contributed by atoms with Crippen LogP contribution in [0.5, 0.6) is 0 Å². The maximum atomic E-state index is 5.39. The summed E-state index contributed by atoms with van der Waals surface area (Å²) in [5.74, 6) is 0.876. The zero-order valence-electron chi connectivity index (χ0n) is 7.25. The van der Waals surface area contributed by atoms with E-state index in [1.54, 1.807) is 0 Å². The fourth-order valence-electron chi connectivity index (χ4n) is 1.29. The van der Waals surface area contributed by atoms with Gasteiger partial charge in [0.25, 0.3) is 0 Å². The lowest BCUT2D eigenvalue weighted by Gasteiger charge is -1.99. The van der Waals surface area contributed by atoms with E-state index in [1.165, 1.54) is 0 Å². The number of rotatable bonds is 3. The lowest BCUT2D eigenvalue weighted by molar-refractivity contribution is 1.00. The molecule has 0 fully saturated rings.